The number of rotatable bonds is 7. The lowest BCUT2D eigenvalue weighted by atomic mass is 10.1. The van der Waals surface area contributed by atoms with Crippen LogP contribution in [0.2, 0.25) is 0 Å². The third-order valence-electron chi connectivity index (χ3n) is 4.43. The van der Waals surface area contributed by atoms with E-state index in [0.717, 1.165) is 11.3 Å². The topological polar surface area (TPSA) is 76.1 Å². The maximum atomic E-state index is 12.5. The quantitative estimate of drug-likeness (QED) is 0.476. The van der Waals surface area contributed by atoms with E-state index in [2.05, 4.69) is 16.9 Å². The predicted octanol–water partition coefficient (Wildman–Crippen LogP) is 3.23. The molecule has 28 heavy (non-hydrogen) atoms. The molecule has 6 nitrogen and oxygen atoms in total. The first-order valence-electron chi connectivity index (χ1n) is 8.83. The monoisotopic (exact) mass is 395 g/mol. The second-order valence-electron chi connectivity index (χ2n) is 6.21. The van der Waals surface area contributed by atoms with Crippen LogP contribution in [0, 0.1) is 4.77 Å². The van der Waals surface area contributed by atoms with Gasteiger partial charge in [0.1, 0.15) is 5.75 Å². The number of methoxy groups -OCH3 is 1. The summed E-state index contributed by atoms with van der Waals surface area (Å²) < 4.78 is 7.05. The summed E-state index contributed by atoms with van der Waals surface area (Å²) in [7, 11) is 1.62. The summed E-state index contributed by atoms with van der Waals surface area (Å²) in [5.41, 5.74) is 1.81. The van der Waals surface area contributed by atoms with E-state index in [0.29, 0.717) is 40.7 Å². The lowest BCUT2D eigenvalue weighted by Crippen LogP contribution is -2.26. The Hall–Kier alpha value is -3.19. The normalized spacial score (nSPS) is 10.6. The van der Waals surface area contributed by atoms with E-state index in [1.54, 1.807) is 31.4 Å². The van der Waals surface area contributed by atoms with Gasteiger partial charge in [0.15, 0.2) is 4.77 Å². The third kappa shape index (κ3) is 4.04. The zero-order chi connectivity index (χ0) is 20.1. The van der Waals surface area contributed by atoms with Gasteiger partial charge in [0.05, 0.1) is 18.0 Å². The number of fused-ring (bicyclic) bond motifs is 1. The summed E-state index contributed by atoms with van der Waals surface area (Å²) >= 11 is 5.24. The van der Waals surface area contributed by atoms with Crippen molar-refractivity contribution in [2.45, 2.75) is 13.0 Å². The number of benzene rings is 2. The van der Waals surface area contributed by atoms with Gasteiger partial charge in [-0.2, -0.15) is 0 Å². The van der Waals surface area contributed by atoms with Crippen molar-refractivity contribution in [3.8, 4) is 5.75 Å². The van der Waals surface area contributed by atoms with Crippen molar-refractivity contribution in [3.05, 3.63) is 81.4 Å². The number of carbonyl (C=O) groups is 1. The fourth-order valence-corrected chi connectivity index (χ4v) is 3.28. The lowest BCUT2D eigenvalue weighted by Gasteiger charge is -2.10. The molecule has 1 amide bonds. The van der Waals surface area contributed by atoms with Gasteiger partial charge in [-0.15, -0.1) is 6.58 Å². The first-order chi connectivity index (χ1) is 13.5. The van der Waals surface area contributed by atoms with Crippen LogP contribution < -0.4 is 15.6 Å². The average molecular weight is 395 g/mol. The minimum atomic E-state index is -0.216. The Morgan fingerprint density at radius 3 is 2.86 bits per heavy atom. The minimum absolute atomic E-state index is 0.207. The number of aromatic nitrogens is 2. The van der Waals surface area contributed by atoms with Crippen molar-refractivity contribution < 1.29 is 9.53 Å². The van der Waals surface area contributed by atoms with Crippen molar-refractivity contribution in [1.29, 1.82) is 0 Å². The van der Waals surface area contributed by atoms with Crippen LogP contribution in [0.25, 0.3) is 10.9 Å². The van der Waals surface area contributed by atoms with Crippen LogP contribution in [-0.4, -0.2) is 29.1 Å². The third-order valence-corrected chi connectivity index (χ3v) is 4.75. The summed E-state index contributed by atoms with van der Waals surface area (Å²) in [6.45, 7) is 4.43. The van der Waals surface area contributed by atoms with Gasteiger partial charge in [-0.25, -0.2) is 0 Å². The molecule has 144 valence electrons. The fraction of sp³-hybridized carbons (Fsp3) is 0.190. The van der Waals surface area contributed by atoms with Crippen molar-refractivity contribution in [1.82, 2.24) is 14.9 Å². The number of hydrogen-bond donors (Lipinski definition) is 2. The summed E-state index contributed by atoms with van der Waals surface area (Å²) in [6.07, 6.45) is 2.26. The van der Waals surface area contributed by atoms with Crippen molar-refractivity contribution in [3.63, 3.8) is 0 Å². The van der Waals surface area contributed by atoms with Crippen molar-refractivity contribution >= 4 is 29.0 Å². The molecule has 0 fully saturated rings. The number of hydrogen-bond acceptors (Lipinski definition) is 4. The van der Waals surface area contributed by atoms with Gasteiger partial charge >= 0.3 is 0 Å². The van der Waals surface area contributed by atoms with Gasteiger partial charge in [0.25, 0.3) is 11.5 Å². The van der Waals surface area contributed by atoms with E-state index in [1.165, 1.54) is 4.57 Å². The molecule has 0 aliphatic heterocycles. The first-order valence-corrected chi connectivity index (χ1v) is 9.24. The predicted molar refractivity (Wildman–Crippen MR) is 113 cm³/mol. The summed E-state index contributed by atoms with van der Waals surface area (Å²) in [5.74, 6) is 0.581. The maximum Gasteiger partial charge on any atom is 0.262 e. The van der Waals surface area contributed by atoms with Gasteiger partial charge < -0.3 is 15.0 Å². The second kappa shape index (κ2) is 8.67. The number of nitrogens with zero attached hydrogens (tertiary/aromatic N) is 1. The highest BCUT2D eigenvalue weighted by Crippen LogP contribution is 2.17. The van der Waals surface area contributed by atoms with Crippen LogP contribution in [0.15, 0.2) is 59.9 Å². The van der Waals surface area contributed by atoms with Crippen molar-refractivity contribution in [2.75, 3.05) is 13.7 Å². The first kappa shape index (κ1) is 19.6. The van der Waals surface area contributed by atoms with Crippen LogP contribution in [0.3, 0.4) is 0 Å². The summed E-state index contributed by atoms with van der Waals surface area (Å²) in [6, 6.07) is 12.6. The highest BCUT2D eigenvalue weighted by molar-refractivity contribution is 7.71. The van der Waals surface area contributed by atoms with E-state index in [4.69, 9.17) is 17.0 Å². The van der Waals surface area contributed by atoms with Gasteiger partial charge in [0, 0.05) is 18.7 Å². The molecule has 0 aliphatic rings. The van der Waals surface area contributed by atoms with Crippen LogP contribution in [0.1, 0.15) is 15.9 Å². The molecule has 1 heterocycles. The standard InChI is InChI=1S/C21H21N3O3S/c1-3-12-24-20(26)16-9-8-15(13-17(16)23-21(24)28)19(25)22-11-10-14-6-4-5-7-18(14)27-2/h3-9,13H,1,10-12H2,2H3,(H,22,25)(H,23,28). The van der Waals surface area contributed by atoms with E-state index >= 15 is 0 Å². The number of H-pyrrole nitrogens is 1. The average Bonchev–Trinajstić information content (AvgIpc) is 2.71. The van der Waals surface area contributed by atoms with E-state index < -0.39 is 0 Å². The molecular weight excluding hydrogens is 374 g/mol. The van der Waals surface area contributed by atoms with E-state index in [1.807, 2.05) is 24.3 Å². The highest BCUT2D eigenvalue weighted by Gasteiger charge is 2.10. The van der Waals surface area contributed by atoms with E-state index in [-0.39, 0.29) is 11.5 Å². The SMILES string of the molecule is C=CCn1c(=S)[nH]c2cc(C(=O)NCCc3ccccc3OC)ccc2c1=O. The van der Waals surface area contributed by atoms with Crippen LogP contribution in [0.4, 0.5) is 0 Å². The number of carbonyl (C=O) groups excluding carboxylic acids is 1. The molecule has 0 unspecified atom stereocenters. The number of amides is 1. The number of aromatic amines is 1. The molecule has 0 saturated carbocycles. The van der Waals surface area contributed by atoms with E-state index in [9.17, 15) is 9.59 Å². The Balaban J connectivity index is 1.77. The lowest BCUT2D eigenvalue weighted by molar-refractivity contribution is 0.0954. The Bertz CT molecular complexity index is 1150. The number of ether oxygens (including phenoxy) is 1. The number of nitrogens with one attached hydrogen (secondary N) is 2. The molecule has 1 aromatic heterocycles. The van der Waals surface area contributed by atoms with Crippen LogP contribution in [-0.2, 0) is 13.0 Å². The molecule has 0 bridgehead atoms. The molecule has 3 rings (SSSR count). The largest absolute Gasteiger partial charge is 0.496 e. The molecule has 2 aromatic carbocycles. The fourth-order valence-electron chi connectivity index (χ4n) is 3.01. The molecule has 0 radical (unpaired) electrons. The zero-order valence-corrected chi connectivity index (χ0v) is 16.3. The number of allylic oxidation sites excluding steroid dienone is 1. The van der Waals surface area contributed by atoms with Crippen LogP contribution in [0.5, 0.6) is 5.75 Å². The van der Waals surface area contributed by atoms with Crippen molar-refractivity contribution in [2.24, 2.45) is 0 Å². The number of para-hydroxylation sites is 1. The Kier molecular flexibility index (Phi) is 6.06. The molecule has 0 saturated heterocycles. The summed E-state index contributed by atoms with van der Waals surface area (Å²) in [4.78, 5) is 28.0. The zero-order valence-electron chi connectivity index (χ0n) is 15.5. The summed E-state index contributed by atoms with van der Waals surface area (Å²) in [5, 5.41) is 3.37. The van der Waals surface area contributed by atoms with Gasteiger partial charge in [-0.1, -0.05) is 24.3 Å². The smallest absolute Gasteiger partial charge is 0.262 e. The molecule has 2 N–H and O–H groups in total. The molecule has 0 aliphatic carbocycles. The molecule has 3 aromatic rings. The second-order valence-corrected chi connectivity index (χ2v) is 6.60. The highest BCUT2D eigenvalue weighted by atomic mass is 32.1. The Morgan fingerprint density at radius 1 is 1.32 bits per heavy atom. The Labute approximate surface area is 167 Å². The van der Waals surface area contributed by atoms with Crippen LogP contribution >= 0.6 is 12.2 Å². The molecule has 0 atom stereocenters. The van der Waals surface area contributed by atoms with Gasteiger partial charge in [-0.05, 0) is 48.5 Å². The van der Waals surface area contributed by atoms with Gasteiger partial charge in [0.2, 0.25) is 0 Å². The Morgan fingerprint density at radius 2 is 2.11 bits per heavy atom. The minimum Gasteiger partial charge on any atom is -0.496 e. The molecular formula is C21H21N3O3S. The molecule has 0 spiro atoms. The maximum absolute atomic E-state index is 12.5. The van der Waals surface area contributed by atoms with Gasteiger partial charge in [-0.3, -0.25) is 14.2 Å². The molecule has 7 heteroatoms.